The van der Waals surface area contributed by atoms with Crippen molar-refractivity contribution in [3.8, 4) is 0 Å². The maximum atomic E-state index is 12.9. The predicted octanol–water partition coefficient (Wildman–Crippen LogP) is 3.24. The summed E-state index contributed by atoms with van der Waals surface area (Å²) in [5.74, 6) is 0.711. The Morgan fingerprint density at radius 1 is 1.21 bits per heavy atom. The normalized spacial score (nSPS) is 24.3. The number of benzene rings is 1. The van der Waals surface area contributed by atoms with E-state index in [-0.39, 0.29) is 29.9 Å². The molecule has 0 bridgehead atoms. The van der Waals surface area contributed by atoms with E-state index >= 15 is 0 Å². The van der Waals surface area contributed by atoms with E-state index in [9.17, 15) is 14.4 Å². The van der Waals surface area contributed by atoms with Crippen LogP contribution >= 0.6 is 11.8 Å². The van der Waals surface area contributed by atoms with E-state index < -0.39 is 6.04 Å². The van der Waals surface area contributed by atoms with Gasteiger partial charge in [0.25, 0.3) is 0 Å². The van der Waals surface area contributed by atoms with Gasteiger partial charge in [0.05, 0.1) is 12.1 Å². The van der Waals surface area contributed by atoms with Crippen LogP contribution in [0.15, 0.2) is 24.3 Å². The molecule has 34 heavy (non-hydrogen) atoms. The van der Waals surface area contributed by atoms with Crippen molar-refractivity contribution in [2.45, 2.75) is 81.7 Å². The van der Waals surface area contributed by atoms with E-state index in [1.807, 2.05) is 36.9 Å². The van der Waals surface area contributed by atoms with E-state index in [4.69, 9.17) is 0 Å². The van der Waals surface area contributed by atoms with Crippen LogP contribution < -0.4 is 26.2 Å². The molecular weight excluding hydrogens is 450 g/mol. The largest absolute Gasteiger partial charge is 0.371 e. The molecule has 1 aromatic carbocycles. The van der Waals surface area contributed by atoms with Crippen molar-refractivity contribution in [1.29, 1.82) is 0 Å². The lowest BCUT2D eigenvalue weighted by Crippen LogP contribution is -2.43. The summed E-state index contributed by atoms with van der Waals surface area (Å²) in [5.41, 5.74) is 1.90. The second kappa shape index (κ2) is 11.8. The van der Waals surface area contributed by atoms with E-state index in [0.717, 1.165) is 55.9 Å². The maximum absolute atomic E-state index is 12.9. The molecule has 0 unspecified atom stereocenters. The summed E-state index contributed by atoms with van der Waals surface area (Å²) in [7, 11) is 0. The first-order valence-electron chi connectivity index (χ1n) is 12.7. The van der Waals surface area contributed by atoms with Gasteiger partial charge in [-0.2, -0.15) is 11.8 Å². The quantitative estimate of drug-likeness (QED) is 0.284. The molecule has 186 valence electrons. The van der Waals surface area contributed by atoms with Crippen molar-refractivity contribution in [2.24, 2.45) is 0 Å². The van der Waals surface area contributed by atoms with Crippen molar-refractivity contribution in [2.75, 3.05) is 29.1 Å². The summed E-state index contributed by atoms with van der Waals surface area (Å²) in [4.78, 5) is 39.3. The summed E-state index contributed by atoms with van der Waals surface area (Å²) in [5, 5.41) is 12.3. The Morgan fingerprint density at radius 3 is 2.82 bits per heavy atom. The van der Waals surface area contributed by atoms with Crippen molar-refractivity contribution in [3.05, 3.63) is 24.3 Å². The molecule has 3 aliphatic rings. The molecule has 0 aromatic heterocycles. The first kappa shape index (κ1) is 24.7. The second-order valence-electron chi connectivity index (χ2n) is 9.51. The summed E-state index contributed by atoms with van der Waals surface area (Å²) >= 11 is 1.89. The zero-order valence-electron chi connectivity index (χ0n) is 20.0. The number of hydrogen-bond acceptors (Lipinski definition) is 5. The number of carbonyl (C=O) groups is 3. The highest BCUT2D eigenvalue weighted by molar-refractivity contribution is 8.00. The monoisotopic (exact) mass is 487 g/mol. The van der Waals surface area contributed by atoms with Crippen LogP contribution in [0.2, 0.25) is 0 Å². The molecule has 9 heteroatoms. The number of fused-ring (bicyclic) bond motifs is 1. The van der Waals surface area contributed by atoms with Gasteiger partial charge in [-0.1, -0.05) is 25.8 Å². The lowest BCUT2D eigenvalue weighted by molar-refractivity contribution is -0.126. The molecule has 8 nitrogen and oxygen atoms in total. The molecular formula is C25H37N5O3S. The molecule has 3 heterocycles. The summed E-state index contributed by atoms with van der Waals surface area (Å²) < 4.78 is 0. The number of thioether (sulfide) groups is 1. The van der Waals surface area contributed by atoms with Gasteiger partial charge < -0.3 is 26.2 Å². The smallest absolute Gasteiger partial charge is 0.315 e. The number of nitrogens with zero attached hydrogens (tertiary/aromatic N) is 1. The van der Waals surface area contributed by atoms with Gasteiger partial charge in [0.2, 0.25) is 11.8 Å². The molecule has 0 aliphatic carbocycles. The average molecular weight is 488 g/mol. The summed E-state index contributed by atoms with van der Waals surface area (Å²) in [6.45, 7) is 4.12. The van der Waals surface area contributed by atoms with Gasteiger partial charge in [0.15, 0.2) is 0 Å². The van der Waals surface area contributed by atoms with Gasteiger partial charge in [-0.15, -0.1) is 0 Å². The Morgan fingerprint density at radius 2 is 2.03 bits per heavy atom. The van der Waals surface area contributed by atoms with Crippen LogP contribution in [0.1, 0.15) is 58.3 Å². The second-order valence-corrected chi connectivity index (χ2v) is 10.8. The van der Waals surface area contributed by atoms with Crippen molar-refractivity contribution in [1.82, 2.24) is 16.0 Å². The minimum atomic E-state index is -0.529. The molecule has 0 spiro atoms. The molecule has 4 rings (SSSR count). The Kier molecular flexibility index (Phi) is 8.59. The van der Waals surface area contributed by atoms with Crippen molar-refractivity contribution in [3.63, 3.8) is 0 Å². The molecule has 3 saturated heterocycles. The van der Waals surface area contributed by atoms with Crippen LogP contribution in [0.5, 0.6) is 0 Å². The van der Waals surface area contributed by atoms with E-state index in [1.165, 1.54) is 12.8 Å². The van der Waals surface area contributed by atoms with Crippen LogP contribution in [-0.2, 0) is 9.59 Å². The first-order valence-corrected chi connectivity index (χ1v) is 13.7. The number of rotatable bonds is 11. The number of nitrogens with one attached hydrogen (secondary N) is 4. The van der Waals surface area contributed by atoms with Crippen LogP contribution in [0.3, 0.4) is 0 Å². The van der Waals surface area contributed by atoms with Crippen LogP contribution in [0.4, 0.5) is 16.2 Å². The number of unbranched alkanes of at least 4 members (excludes halogenated alkanes) is 1. The Balaban J connectivity index is 1.20. The number of hydrogen-bond donors (Lipinski definition) is 4. The topological polar surface area (TPSA) is 103 Å². The number of amides is 4. The zero-order valence-corrected chi connectivity index (χ0v) is 20.8. The molecule has 3 aliphatic heterocycles. The minimum absolute atomic E-state index is 0.0670. The van der Waals surface area contributed by atoms with Crippen LogP contribution in [0, 0.1) is 0 Å². The lowest BCUT2D eigenvalue weighted by Gasteiger charge is -2.20. The lowest BCUT2D eigenvalue weighted by atomic mass is 10.0. The highest BCUT2D eigenvalue weighted by Crippen LogP contribution is 2.33. The molecule has 0 radical (unpaired) electrons. The van der Waals surface area contributed by atoms with E-state index in [1.54, 1.807) is 0 Å². The van der Waals surface area contributed by atoms with Crippen LogP contribution in [-0.4, -0.2) is 60.1 Å². The Hall–Kier alpha value is -2.42. The molecule has 3 fully saturated rings. The third-order valence-corrected chi connectivity index (χ3v) is 8.40. The van der Waals surface area contributed by atoms with Gasteiger partial charge in [-0.3, -0.25) is 9.59 Å². The third-order valence-electron chi connectivity index (χ3n) is 6.89. The number of anilines is 2. The fourth-order valence-electron chi connectivity index (χ4n) is 5.08. The Bertz CT molecular complexity index is 876. The highest BCUT2D eigenvalue weighted by atomic mass is 32.2. The van der Waals surface area contributed by atoms with E-state index in [2.05, 4.69) is 32.2 Å². The number of carbonyl (C=O) groups excluding carboxylic acids is 3. The summed E-state index contributed by atoms with van der Waals surface area (Å²) in [6.07, 6.45) is 6.93. The Labute approximate surface area is 206 Å². The maximum Gasteiger partial charge on any atom is 0.315 e. The molecule has 4 atom stereocenters. The SMILES string of the molecule is CCC[C@@H](NC(=O)CCCC[C@@H]1SC[C@@H]2NC(=O)N[C@@H]21)C(=O)Nc1cccc(N2CCCC2)c1. The standard InChI is InChI=1S/C25H37N5O3S/c1-2-8-19(24(32)26-17-9-7-10-18(15-17)30-13-5-6-14-30)27-22(31)12-4-3-11-21-23-20(16-34-21)28-25(33)29-23/h7,9-10,15,19-21,23H,2-6,8,11-14,16H2,1H3,(H,26,32)(H,27,31)(H2,28,29,33)/t19-,20+,21+,23+/m1/s1. The summed E-state index contributed by atoms with van der Waals surface area (Å²) in [6, 6.07) is 7.80. The van der Waals surface area contributed by atoms with E-state index in [0.29, 0.717) is 18.1 Å². The van der Waals surface area contributed by atoms with Gasteiger partial charge in [-0.25, -0.2) is 4.79 Å². The fourth-order valence-corrected chi connectivity index (χ4v) is 6.63. The predicted molar refractivity (Wildman–Crippen MR) is 137 cm³/mol. The van der Waals surface area contributed by atoms with Crippen LogP contribution in [0.25, 0.3) is 0 Å². The van der Waals surface area contributed by atoms with Crippen molar-refractivity contribution < 1.29 is 14.4 Å². The van der Waals surface area contributed by atoms with Gasteiger partial charge >= 0.3 is 6.03 Å². The third kappa shape index (κ3) is 6.37. The fraction of sp³-hybridized carbons (Fsp3) is 0.640. The van der Waals surface area contributed by atoms with Gasteiger partial charge in [-0.05, 0) is 50.3 Å². The van der Waals surface area contributed by atoms with Crippen molar-refractivity contribution >= 4 is 41.0 Å². The molecule has 4 N–H and O–H groups in total. The molecule has 4 amide bonds. The minimum Gasteiger partial charge on any atom is -0.371 e. The zero-order chi connectivity index (χ0) is 23.9. The first-order chi connectivity index (χ1) is 16.5. The van der Waals surface area contributed by atoms with Gasteiger partial charge in [0.1, 0.15) is 6.04 Å². The molecule has 1 aromatic rings. The molecule has 0 saturated carbocycles. The highest BCUT2D eigenvalue weighted by Gasteiger charge is 2.42. The average Bonchev–Trinajstić information content (AvgIpc) is 3.55. The van der Waals surface area contributed by atoms with Gasteiger partial charge in [0, 0.05) is 41.9 Å². The number of urea groups is 1.